The quantitative estimate of drug-likeness (QED) is 0.849. The maximum Gasteiger partial charge on any atom is 0.308 e. The van der Waals surface area contributed by atoms with Crippen molar-refractivity contribution in [1.29, 1.82) is 0 Å². The first-order valence-corrected chi connectivity index (χ1v) is 5.60. The van der Waals surface area contributed by atoms with Crippen molar-refractivity contribution >= 4 is 23.1 Å². The molecule has 2 rings (SSSR count). The number of carbonyl (C=O) groups excluding carboxylic acids is 1. The van der Waals surface area contributed by atoms with Gasteiger partial charge >= 0.3 is 12.3 Å². The Kier molecular flexibility index (Phi) is 3.49. The number of methoxy groups -OCH3 is 1. The van der Waals surface area contributed by atoms with Crippen LogP contribution in [-0.2, 0) is 9.63 Å². The monoisotopic (exact) mass is 271 g/mol. The number of hydrogen-bond acceptors (Lipinski definition) is 5. The van der Waals surface area contributed by atoms with Crippen molar-refractivity contribution < 1.29 is 24.2 Å². The smallest absolute Gasteiger partial charge is 0.308 e. The van der Waals surface area contributed by atoms with E-state index in [1.807, 2.05) is 0 Å². The molecule has 18 heavy (non-hydrogen) atoms. The predicted octanol–water partition coefficient (Wildman–Crippen LogP) is 1.67. The Morgan fingerprint density at radius 1 is 1.61 bits per heavy atom. The summed E-state index contributed by atoms with van der Waals surface area (Å²) in [6.45, 7) is 1.35. The largest absolute Gasteiger partial charge is 0.490 e. The lowest BCUT2D eigenvalue weighted by molar-refractivity contribution is -0.533. The third-order valence-electron chi connectivity index (χ3n) is 2.58. The second kappa shape index (κ2) is 4.91. The van der Waals surface area contributed by atoms with Gasteiger partial charge in [0.2, 0.25) is 5.78 Å². The van der Waals surface area contributed by atoms with Gasteiger partial charge in [-0.15, -0.1) is 0 Å². The third-order valence-corrected chi connectivity index (χ3v) is 2.82. The minimum atomic E-state index is -1.29. The second-order valence-corrected chi connectivity index (χ2v) is 4.23. The van der Waals surface area contributed by atoms with Crippen molar-refractivity contribution in [2.24, 2.45) is 5.28 Å². The van der Waals surface area contributed by atoms with E-state index in [-0.39, 0.29) is 5.78 Å². The summed E-state index contributed by atoms with van der Waals surface area (Å²) in [5.74, 6) is 0.177. The Bertz CT molecular complexity index is 518. The average molecular weight is 272 g/mol. The van der Waals surface area contributed by atoms with Crippen LogP contribution < -0.4 is 4.74 Å². The van der Waals surface area contributed by atoms with Crippen molar-refractivity contribution in [3.8, 4) is 5.75 Å². The first-order chi connectivity index (χ1) is 8.54. The molecule has 2 atom stereocenters. The van der Waals surface area contributed by atoms with Gasteiger partial charge in [-0.2, -0.15) is 0 Å². The van der Waals surface area contributed by atoms with Crippen molar-refractivity contribution in [1.82, 2.24) is 0 Å². The van der Waals surface area contributed by atoms with Crippen LogP contribution in [0.1, 0.15) is 6.92 Å². The van der Waals surface area contributed by atoms with Gasteiger partial charge in [0, 0.05) is 24.1 Å². The summed E-state index contributed by atoms with van der Waals surface area (Å²) in [4.78, 5) is 16.2. The van der Waals surface area contributed by atoms with E-state index >= 15 is 0 Å². The van der Waals surface area contributed by atoms with Gasteiger partial charge in [-0.1, -0.05) is 11.6 Å². The lowest BCUT2D eigenvalue weighted by Gasteiger charge is -2.07. The summed E-state index contributed by atoms with van der Waals surface area (Å²) in [6, 6.07) is 3.98. The molecular formula is C11H12ClN2O4+. The molecule has 0 saturated carbocycles. The molecule has 6 nitrogen and oxygen atoms in total. The summed E-state index contributed by atoms with van der Waals surface area (Å²) in [7, 11) is 1.48. The van der Waals surface area contributed by atoms with Gasteiger partial charge in [0.25, 0.3) is 5.69 Å². The molecule has 0 saturated heterocycles. The van der Waals surface area contributed by atoms with E-state index < -0.39 is 12.3 Å². The molecule has 1 N–H and O–H groups in total. The number of ketones is 1. The molecule has 0 radical (unpaired) electrons. The average Bonchev–Trinajstić information content (AvgIpc) is 2.70. The third kappa shape index (κ3) is 2.16. The summed E-state index contributed by atoms with van der Waals surface area (Å²) in [6.07, 6.45) is -1.29. The Morgan fingerprint density at radius 2 is 2.33 bits per heavy atom. The van der Waals surface area contributed by atoms with E-state index in [4.69, 9.17) is 21.2 Å². The molecular weight excluding hydrogens is 260 g/mol. The summed E-state index contributed by atoms with van der Waals surface area (Å²) in [5, 5.41) is 13.7. The van der Waals surface area contributed by atoms with Gasteiger partial charge in [-0.05, 0) is 10.8 Å². The zero-order chi connectivity index (χ0) is 13.3. The topological polar surface area (TPSA) is 71.1 Å². The van der Waals surface area contributed by atoms with Crippen molar-refractivity contribution in [3.63, 3.8) is 0 Å². The molecule has 0 spiro atoms. The first kappa shape index (κ1) is 12.8. The van der Waals surface area contributed by atoms with E-state index in [1.54, 1.807) is 18.2 Å². The fraction of sp³-hybridized carbons (Fsp3) is 0.364. The van der Waals surface area contributed by atoms with Gasteiger partial charge in [0.05, 0.1) is 7.11 Å². The maximum absolute atomic E-state index is 11.5. The lowest BCUT2D eigenvalue weighted by Crippen LogP contribution is -2.36. The Morgan fingerprint density at radius 3 is 2.94 bits per heavy atom. The number of halogens is 1. The van der Waals surface area contributed by atoms with Crippen LogP contribution in [0, 0.1) is 0 Å². The van der Waals surface area contributed by atoms with E-state index in [0.717, 1.165) is 0 Å². The highest BCUT2D eigenvalue weighted by Gasteiger charge is 2.46. The maximum atomic E-state index is 11.5. The minimum absolute atomic E-state index is 0.263. The molecule has 96 valence electrons. The van der Waals surface area contributed by atoms with Crippen LogP contribution in [0.2, 0.25) is 5.02 Å². The highest BCUT2D eigenvalue weighted by atomic mass is 35.5. The summed E-state index contributed by atoms with van der Waals surface area (Å²) >= 11 is 5.85. The molecule has 1 aliphatic heterocycles. The van der Waals surface area contributed by atoms with Gasteiger partial charge < -0.3 is 14.7 Å². The number of aliphatic hydroxyl groups is 1. The fourth-order valence-corrected chi connectivity index (χ4v) is 1.90. The predicted molar refractivity (Wildman–Crippen MR) is 61.9 cm³/mol. The van der Waals surface area contributed by atoms with Crippen LogP contribution in [-0.4, -0.2) is 35.0 Å². The van der Waals surface area contributed by atoms with Gasteiger partial charge in [-0.25, -0.2) is 0 Å². The molecule has 1 aromatic carbocycles. The molecule has 1 heterocycles. The zero-order valence-corrected chi connectivity index (χ0v) is 10.6. The van der Waals surface area contributed by atoms with Gasteiger partial charge in [0.1, 0.15) is 0 Å². The van der Waals surface area contributed by atoms with E-state index in [9.17, 15) is 9.90 Å². The van der Waals surface area contributed by atoms with Crippen molar-refractivity contribution in [2.75, 3.05) is 7.11 Å². The van der Waals surface area contributed by atoms with Crippen molar-refractivity contribution in [2.45, 2.75) is 19.3 Å². The Hall–Kier alpha value is -1.66. The number of aliphatic hydroxyl groups excluding tert-OH is 1. The molecule has 2 unspecified atom stereocenters. The zero-order valence-electron chi connectivity index (χ0n) is 9.83. The number of benzene rings is 1. The normalized spacial score (nSPS) is 22.3. The number of hydrogen-bond donors (Lipinski definition) is 1. The van der Waals surface area contributed by atoms with Gasteiger partial charge in [0.15, 0.2) is 11.0 Å². The van der Waals surface area contributed by atoms with Crippen LogP contribution in [0.25, 0.3) is 0 Å². The highest BCUT2D eigenvalue weighted by Crippen LogP contribution is 2.34. The molecule has 1 aliphatic rings. The summed E-state index contributed by atoms with van der Waals surface area (Å²) < 4.78 is 6.45. The van der Waals surface area contributed by atoms with Crippen LogP contribution in [0.5, 0.6) is 5.75 Å². The second-order valence-electron chi connectivity index (χ2n) is 3.79. The Balaban J connectivity index is 2.46. The molecule has 1 aromatic rings. The van der Waals surface area contributed by atoms with Crippen LogP contribution in [0.15, 0.2) is 23.5 Å². The lowest BCUT2D eigenvalue weighted by atomic mass is 10.1. The standard InChI is InChI=1S/C11H12ClN2O4/c1-6(15)10-11(16)18-13-14(10)8-4-3-7(12)5-9(8)17-2/h3-5,10-11,16H,1-2H3/q+1. The SMILES string of the molecule is COc1cc(Cl)ccc1[N+]1=NOC(O)C1C(C)=O. The minimum Gasteiger partial charge on any atom is -0.490 e. The number of rotatable bonds is 3. The molecule has 0 aromatic heterocycles. The summed E-state index contributed by atoms with van der Waals surface area (Å²) in [5.41, 5.74) is 0.499. The molecule has 0 aliphatic carbocycles. The van der Waals surface area contributed by atoms with Gasteiger partial charge in [-0.3, -0.25) is 4.79 Å². The van der Waals surface area contributed by atoms with E-state index in [2.05, 4.69) is 5.28 Å². The Labute approximate surface area is 108 Å². The van der Waals surface area contributed by atoms with Crippen LogP contribution >= 0.6 is 11.6 Å². The van der Waals surface area contributed by atoms with Crippen molar-refractivity contribution in [3.05, 3.63) is 23.2 Å². The molecule has 0 bridgehead atoms. The first-order valence-electron chi connectivity index (χ1n) is 5.22. The molecule has 0 amide bonds. The number of nitrogens with zero attached hydrogens (tertiary/aromatic N) is 2. The number of carbonyl (C=O) groups is 1. The number of ether oxygens (including phenoxy) is 1. The number of Topliss-reactive ketones (excluding diaryl/α,β-unsaturated/α-hetero) is 1. The van der Waals surface area contributed by atoms with Crippen LogP contribution in [0.4, 0.5) is 5.69 Å². The fourth-order valence-electron chi connectivity index (χ4n) is 1.74. The van der Waals surface area contributed by atoms with E-state index in [1.165, 1.54) is 18.7 Å². The highest BCUT2D eigenvalue weighted by molar-refractivity contribution is 6.30. The molecule has 7 heteroatoms. The van der Waals surface area contributed by atoms with E-state index in [0.29, 0.717) is 16.5 Å². The molecule has 0 fully saturated rings. The van der Waals surface area contributed by atoms with Crippen LogP contribution in [0.3, 0.4) is 0 Å².